The van der Waals surface area contributed by atoms with Gasteiger partial charge in [0, 0.05) is 57.3 Å². The van der Waals surface area contributed by atoms with Gasteiger partial charge >= 0.3 is 5.97 Å². The van der Waals surface area contributed by atoms with Crippen molar-refractivity contribution < 1.29 is 65.7 Å². The molecule has 0 bridgehead atoms. The molecule has 2 atom stereocenters. The maximum absolute atomic E-state index is 13.5. The van der Waals surface area contributed by atoms with Gasteiger partial charge in [-0.3, -0.25) is 9.59 Å². The van der Waals surface area contributed by atoms with Gasteiger partial charge < -0.3 is 14.6 Å². The second kappa shape index (κ2) is 12.8. The zero-order valence-corrected chi connectivity index (χ0v) is 22.4. The first-order valence-corrected chi connectivity index (χ1v) is 10.7. The quantitative estimate of drug-likeness (QED) is 0.293. The summed E-state index contributed by atoms with van der Waals surface area (Å²) in [5.41, 5.74) is 1.17. The van der Waals surface area contributed by atoms with Crippen LogP contribution in [0.1, 0.15) is 47.8 Å². The third kappa shape index (κ3) is 7.15. The average molecular weight is 558 g/mol. The number of esters is 1. The molecule has 0 amide bonds. The largest absolute Gasteiger partial charge is 0.503 e. The molecule has 1 radical (unpaired) electrons. The molecule has 6 nitrogen and oxygen atoms in total. The predicted molar refractivity (Wildman–Crippen MR) is 121 cm³/mol. The number of carbonyl (C=O) groups is 2. The molecule has 0 unspecified atom stereocenters. The minimum atomic E-state index is -0.829. The Hall–Kier alpha value is -2.71. The standard InChI is InChI=1S/C26H25F2NO5.Y/c1-15(14-21(30)24-25(31)22(33-3)12-13-29-24)26(32)34-16(2)23(17-4-8-19(27)9-5-17)18-6-10-20(28)11-7-18;/h4-13,15-16,23,31H,14H2,1-3H3;/t15-,16+;/m1./s1. The maximum atomic E-state index is 13.5. The van der Waals surface area contributed by atoms with Crippen molar-refractivity contribution in [3.63, 3.8) is 0 Å². The van der Waals surface area contributed by atoms with Crippen LogP contribution in [0.2, 0.25) is 0 Å². The number of hydrogen-bond donors (Lipinski definition) is 1. The SMILES string of the molecule is COc1ccnc(C(=O)C[C@@H](C)C(=O)O[C@@H](C)C(c2ccc(F)cc2)c2ccc(F)cc2)c1O.[Y]. The molecule has 0 aliphatic carbocycles. The summed E-state index contributed by atoms with van der Waals surface area (Å²) < 4.78 is 37.6. The molecule has 0 aliphatic rings. The number of nitrogens with zero attached hydrogens (tertiary/aromatic N) is 1. The molecular weight excluding hydrogens is 533 g/mol. The van der Waals surface area contributed by atoms with Crippen LogP contribution in [0.15, 0.2) is 60.8 Å². The summed E-state index contributed by atoms with van der Waals surface area (Å²) in [6.07, 6.45) is 0.383. The van der Waals surface area contributed by atoms with E-state index in [0.29, 0.717) is 11.1 Å². The van der Waals surface area contributed by atoms with Crippen LogP contribution < -0.4 is 4.74 Å². The molecule has 1 aromatic heterocycles. The Labute approximate surface area is 227 Å². The van der Waals surface area contributed by atoms with E-state index < -0.39 is 47.1 Å². The number of methoxy groups -OCH3 is 1. The van der Waals surface area contributed by atoms with Gasteiger partial charge in [0.1, 0.15) is 17.7 Å². The van der Waals surface area contributed by atoms with Gasteiger partial charge in [0.25, 0.3) is 0 Å². The van der Waals surface area contributed by atoms with Gasteiger partial charge in [-0.25, -0.2) is 13.8 Å². The summed E-state index contributed by atoms with van der Waals surface area (Å²) in [5.74, 6) is -3.60. The van der Waals surface area contributed by atoms with Crippen LogP contribution in [0.5, 0.6) is 11.5 Å². The van der Waals surface area contributed by atoms with Gasteiger partial charge in [0.2, 0.25) is 0 Å². The summed E-state index contributed by atoms with van der Waals surface area (Å²) in [6, 6.07) is 12.9. The second-order valence-corrected chi connectivity index (χ2v) is 7.96. The molecule has 0 spiro atoms. The average Bonchev–Trinajstić information content (AvgIpc) is 2.81. The molecule has 0 saturated heterocycles. The molecule has 35 heavy (non-hydrogen) atoms. The number of aromatic nitrogens is 1. The first-order valence-electron chi connectivity index (χ1n) is 10.7. The topological polar surface area (TPSA) is 85.7 Å². The molecule has 181 valence electrons. The normalized spacial score (nSPS) is 12.4. The number of ketones is 1. The van der Waals surface area contributed by atoms with Crippen molar-refractivity contribution in [1.82, 2.24) is 4.98 Å². The van der Waals surface area contributed by atoms with Crippen LogP contribution >= 0.6 is 0 Å². The van der Waals surface area contributed by atoms with Crippen LogP contribution in [0, 0.1) is 17.6 Å². The van der Waals surface area contributed by atoms with Crippen LogP contribution in [-0.4, -0.2) is 35.1 Å². The number of carbonyl (C=O) groups excluding carboxylic acids is 2. The van der Waals surface area contributed by atoms with Crippen molar-refractivity contribution in [2.24, 2.45) is 5.92 Å². The zero-order chi connectivity index (χ0) is 24.8. The molecule has 3 rings (SSSR count). The van der Waals surface area contributed by atoms with E-state index in [2.05, 4.69) is 4.98 Å². The van der Waals surface area contributed by atoms with E-state index >= 15 is 0 Å². The molecule has 0 aliphatic heterocycles. The Bertz CT molecular complexity index is 1110. The van der Waals surface area contributed by atoms with Crippen molar-refractivity contribution >= 4 is 11.8 Å². The molecule has 1 heterocycles. The van der Waals surface area contributed by atoms with Crippen LogP contribution in [-0.2, 0) is 42.2 Å². The number of Topliss-reactive ketones (excluding diaryl/α,β-unsaturated/α-hetero) is 1. The van der Waals surface area contributed by atoms with Crippen LogP contribution in [0.3, 0.4) is 0 Å². The van der Waals surface area contributed by atoms with E-state index in [1.807, 2.05) is 0 Å². The minimum Gasteiger partial charge on any atom is -0.503 e. The number of pyridine rings is 1. The van der Waals surface area contributed by atoms with E-state index in [9.17, 15) is 23.5 Å². The Kier molecular flexibility index (Phi) is 10.5. The van der Waals surface area contributed by atoms with Gasteiger partial charge in [-0.05, 0) is 42.3 Å². The van der Waals surface area contributed by atoms with E-state index in [0.717, 1.165) is 0 Å². The van der Waals surface area contributed by atoms with Crippen molar-refractivity contribution in [2.45, 2.75) is 32.3 Å². The number of hydrogen-bond acceptors (Lipinski definition) is 6. The Morgan fingerprint density at radius 1 is 0.943 bits per heavy atom. The number of halogens is 2. The molecular formula is C26H25F2NO5Y. The summed E-state index contributed by atoms with van der Waals surface area (Å²) in [5, 5.41) is 10.1. The molecule has 9 heteroatoms. The fourth-order valence-corrected chi connectivity index (χ4v) is 3.71. The van der Waals surface area contributed by atoms with E-state index in [1.165, 1.54) is 50.6 Å². The third-order valence-electron chi connectivity index (χ3n) is 5.49. The summed E-state index contributed by atoms with van der Waals surface area (Å²) >= 11 is 0. The van der Waals surface area contributed by atoms with Crippen LogP contribution in [0.4, 0.5) is 8.78 Å². The Balaban J connectivity index is 0.00000432. The number of aromatic hydroxyl groups is 1. The molecule has 0 saturated carbocycles. The van der Waals surface area contributed by atoms with Gasteiger partial charge in [-0.15, -0.1) is 0 Å². The van der Waals surface area contributed by atoms with Crippen LogP contribution in [0.25, 0.3) is 0 Å². The van der Waals surface area contributed by atoms with Gasteiger partial charge in [-0.1, -0.05) is 31.2 Å². The number of ether oxygens (including phenoxy) is 2. The van der Waals surface area contributed by atoms with E-state index in [-0.39, 0.29) is 50.6 Å². The minimum absolute atomic E-state index is 0. The van der Waals surface area contributed by atoms with Gasteiger partial charge in [0.15, 0.2) is 23.0 Å². The number of benzene rings is 2. The summed E-state index contributed by atoms with van der Waals surface area (Å²) in [4.78, 5) is 29.3. The number of rotatable bonds is 9. The van der Waals surface area contributed by atoms with Gasteiger partial charge in [-0.2, -0.15) is 0 Å². The van der Waals surface area contributed by atoms with E-state index in [1.54, 1.807) is 31.2 Å². The van der Waals surface area contributed by atoms with Crippen molar-refractivity contribution in [1.29, 1.82) is 0 Å². The monoisotopic (exact) mass is 558 g/mol. The zero-order valence-electron chi connectivity index (χ0n) is 19.6. The summed E-state index contributed by atoms with van der Waals surface area (Å²) in [6.45, 7) is 3.22. The van der Waals surface area contributed by atoms with Crippen molar-refractivity contribution in [3.8, 4) is 11.5 Å². The first-order chi connectivity index (χ1) is 16.2. The maximum Gasteiger partial charge on any atom is 0.309 e. The second-order valence-electron chi connectivity index (χ2n) is 7.96. The Morgan fingerprint density at radius 2 is 1.46 bits per heavy atom. The van der Waals surface area contributed by atoms with Gasteiger partial charge in [0.05, 0.1) is 13.0 Å². The fourth-order valence-electron chi connectivity index (χ4n) is 3.71. The summed E-state index contributed by atoms with van der Waals surface area (Å²) in [7, 11) is 1.35. The molecule has 2 aromatic carbocycles. The first kappa shape index (κ1) is 28.5. The predicted octanol–water partition coefficient (Wildman–Crippen LogP) is 5.04. The Morgan fingerprint density at radius 3 is 1.94 bits per heavy atom. The third-order valence-corrected chi connectivity index (χ3v) is 5.49. The molecule has 3 aromatic rings. The fraction of sp³-hybridized carbons (Fsp3) is 0.269. The van der Waals surface area contributed by atoms with Crippen molar-refractivity contribution in [3.05, 3.63) is 89.2 Å². The molecule has 0 fully saturated rings. The van der Waals surface area contributed by atoms with Crippen molar-refractivity contribution in [2.75, 3.05) is 7.11 Å². The smallest absolute Gasteiger partial charge is 0.309 e. The van der Waals surface area contributed by atoms with E-state index in [4.69, 9.17) is 9.47 Å². The molecule has 1 N–H and O–H groups in total.